The number of alkyl halides is 5. The maximum Gasteiger partial charge on any atom is 0.418 e. The minimum atomic E-state index is -5.34. The largest absolute Gasteiger partial charge is 0.418 e. The standard InChI is InChI=1S/C8H6ClF5N2O2S/c9-19(17,18)6-4(1-15)16-2-3(7(10)11)5(6)8(12,13)14/h2,7H,1,15H2. The average Bonchev–Trinajstić information content (AvgIpc) is 2.24. The molecule has 0 saturated heterocycles. The molecular weight excluding hydrogens is 319 g/mol. The van der Waals surface area contributed by atoms with Crippen molar-refractivity contribution in [2.75, 3.05) is 0 Å². The molecule has 1 aromatic rings. The molecule has 0 saturated carbocycles. The Labute approximate surface area is 108 Å². The Balaban J connectivity index is 3.88. The molecule has 0 fully saturated rings. The van der Waals surface area contributed by atoms with Crippen LogP contribution >= 0.6 is 10.7 Å². The Morgan fingerprint density at radius 3 is 2.21 bits per heavy atom. The average molecular weight is 325 g/mol. The van der Waals surface area contributed by atoms with E-state index in [9.17, 15) is 30.4 Å². The van der Waals surface area contributed by atoms with Gasteiger partial charge in [0.2, 0.25) is 0 Å². The van der Waals surface area contributed by atoms with Crippen LogP contribution in [0.4, 0.5) is 22.0 Å². The summed E-state index contributed by atoms with van der Waals surface area (Å²) in [5.41, 5.74) is 0.715. The lowest BCUT2D eigenvalue weighted by Gasteiger charge is -2.17. The lowest BCUT2D eigenvalue weighted by atomic mass is 10.1. The van der Waals surface area contributed by atoms with Crippen molar-refractivity contribution in [3.63, 3.8) is 0 Å². The van der Waals surface area contributed by atoms with Gasteiger partial charge in [-0.05, 0) is 0 Å². The first-order valence-electron chi connectivity index (χ1n) is 4.52. The number of nitrogens with zero attached hydrogens (tertiary/aromatic N) is 1. The van der Waals surface area contributed by atoms with Gasteiger partial charge in [0.1, 0.15) is 4.90 Å². The Bertz CT molecular complexity index is 588. The number of halogens is 6. The molecule has 0 aliphatic rings. The highest BCUT2D eigenvalue weighted by Crippen LogP contribution is 2.41. The fraction of sp³-hybridized carbons (Fsp3) is 0.375. The molecule has 0 aliphatic heterocycles. The number of aromatic nitrogens is 1. The molecule has 4 nitrogen and oxygen atoms in total. The maximum atomic E-state index is 12.8. The zero-order valence-electron chi connectivity index (χ0n) is 8.88. The van der Waals surface area contributed by atoms with E-state index in [0.717, 1.165) is 0 Å². The van der Waals surface area contributed by atoms with Crippen LogP contribution in [0.5, 0.6) is 0 Å². The van der Waals surface area contributed by atoms with Gasteiger partial charge in [-0.2, -0.15) is 13.2 Å². The van der Waals surface area contributed by atoms with E-state index in [4.69, 9.17) is 16.4 Å². The molecule has 11 heteroatoms. The minimum absolute atomic E-state index is 0.237. The van der Waals surface area contributed by atoms with Crippen molar-refractivity contribution in [1.82, 2.24) is 4.98 Å². The van der Waals surface area contributed by atoms with Crippen LogP contribution in [0.3, 0.4) is 0 Å². The molecule has 0 unspecified atom stereocenters. The number of nitrogens with two attached hydrogens (primary N) is 1. The fourth-order valence-electron chi connectivity index (χ4n) is 1.41. The van der Waals surface area contributed by atoms with Crippen LogP contribution < -0.4 is 5.73 Å². The molecule has 0 atom stereocenters. The van der Waals surface area contributed by atoms with Gasteiger partial charge in [0.05, 0.1) is 11.3 Å². The predicted octanol–water partition coefficient (Wildman–Crippen LogP) is 2.42. The molecule has 108 valence electrons. The van der Waals surface area contributed by atoms with Gasteiger partial charge in [0.15, 0.2) is 0 Å². The summed E-state index contributed by atoms with van der Waals surface area (Å²) in [6, 6.07) is 0. The third-order valence-electron chi connectivity index (χ3n) is 2.09. The molecule has 0 aliphatic carbocycles. The van der Waals surface area contributed by atoms with E-state index in [1.807, 2.05) is 0 Å². The van der Waals surface area contributed by atoms with Gasteiger partial charge in [-0.1, -0.05) is 0 Å². The Kier molecular flexibility index (Phi) is 4.37. The quantitative estimate of drug-likeness (QED) is 0.684. The summed E-state index contributed by atoms with van der Waals surface area (Å²) in [6.45, 7) is -0.701. The molecule has 0 radical (unpaired) electrons. The normalized spacial score (nSPS) is 13.1. The van der Waals surface area contributed by atoms with E-state index < -0.39 is 49.9 Å². The third-order valence-corrected chi connectivity index (χ3v) is 3.48. The summed E-state index contributed by atoms with van der Waals surface area (Å²) in [7, 11) is -0.0769. The highest BCUT2D eigenvalue weighted by atomic mass is 35.7. The first kappa shape index (κ1) is 16.1. The van der Waals surface area contributed by atoms with E-state index in [1.165, 1.54) is 0 Å². The van der Waals surface area contributed by atoms with Gasteiger partial charge in [-0.15, -0.1) is 0 Å². The zero-order chi connectivity index (χ0) is 15.0. The van der Waals surface area contributed by atoms with E-state index in [1.54, 1.807) is 0 Å². The molecule has 0 amide bonds. The van der Waals surface area contributed by atoms with Gasteiger partial charge >= 0.3 is 6.18 Å². The first-order chi connectivity index (χ1) is 8.50. The van der Waals surface area contributed by atoms with E-state index >= 15 is 0 Å². The van der Waals surface area contributed by atoms with Crippen molar-refractivity contribution in [3.8, 4) is 0 Å². The lowest BCUT2D eigenvalue weighted by Crippen LogP contribution is -2.19. The van der Waals surface area contributed by atoms with Crippen LogP contribution in [0.15, 0.2) is 11.1 Å². The summed E-state index contributed by atoms with van der Waals surface area (Å²) in [4.78, 5) is 1.66. The van der Waals surface area contributed by atoms with Gasteiger partial charge in [-0.3, -0.25) is 4.98 Å². The van der Waals surface area contributed by atoms with Crippen molar-refractivity contribution in [1.29, 1.82) is 0 Å². The molecule has 2 N–H and O–H groups in total. The maximum absolute atomic E-state index is 12.8. The molecule has 1 rings (SSSR count). The highest BCUT2D eigenvalue weighted by Gasteiger charge is 2.43. The van der Waals surface area contributed by atoms with E-state index in [-0.39, 0.29) is 6.20 Å². The smallest absolute Gasteiger partial charge is 0.325 e. The first-order valence-corrected chi connectivity index (χ1v) is 6.83. The van der Waals surface area contributed by atoms with Gasteiger partial charge in [0, 0.05) is 29.0 Å². The second-order valence-corrected chi connectivity index (χ2v) is 5.81. The molecule has 0 bridgehead atoms. The summed E-state index contributed by atoms with van der Waals surface area (Å²) in [5, 5.41) is 0. The number of pyridine rings is 1. The minimum Gasteiger partial charge on any atom is -0.325 e. The predicted molar refractivity (Wildman–Crippen MR) is 55.1 cm³/mol. The van der Waals surface area contributed by atoms with Crippen LogP contribution in [-0.2, 0) is 21.8 Å². The monoisotopic (exact) mass is 324 g/mol. The van der Waals surface area contributed by atoms with Crippen molar-refractivity contribution < 1.29 is 30.4 Å². The van der Waals surface area contributed by atoms with E-state index in [2.05, 4.69) is 4.98 Å². The van der Waals surface area contributed by atoms with Gasteiger partial charge in [0.25, 0.3) is 15.5 Å². The van der Waals surface area contributed by atoms with Crippen molar-refractivity contribution >= 4 is 19.7 Å². The lowest BCUT2D eigenvalue weighted by molar-refractivity contribution is -0.142. The van der Waals surface area contributed by atoms with Crippen LogP contribution in [0.25, 0.3) is 0 Å². The fourth-order valence-corrected chi connectivity index (χ4v) is 2.81. The molecule has 1 aromatic heterocycles. The summed E-state index contributed by atoms with van der Waals surface area (Å²) >= 11 is 0. The second kappa shape index (κ2) is 5.17. The zero-order valence-corrected chi connectivity index (χ0v) is 10.5. The summed E-state index contributed by atoms with van der Waals surface area (Å²) in [6.07, 6.45) is -8.66. The SMILES string of the molecule is NCc1ncc(C(F)F)c(C(F)(F)F)c1S(=O)(=O)Cl. The van der Waals surface area contributed by atoms with Gasteiger partial charge in [-0.25, -0.2) is 17.2 Å². The van der Waals surface area contributed by atoms with Crippen molar-refractivity contribution in [3.05, 3.63) is 23.0 Å². The number of rotatable bonds is 3. The molecule has 19 heavy (non-hydrogen) atoms. The van der Waals surface area contributed by atoms with Crippen LogP contribution in [0.2, 0.25) is 0 Å². The topological polar surface area (TPSA) is 73.0 Å². The molecule has 1 heterocycles. The van der Waals surface area contributed by atoms with Crippen molar-refractivity contribution in [2.45, 2.75) is 24.0 Å². The van der Waals surface area contributed by atoms with Crippen LogP contribution in [-0.4, -0.2) is 13.4 Å². The van der Waals surface area contributed by atoms with Crippen molar-refractivity contribution in [2.24, 2.45) is 5.73 Å². The van der Waals surface area contributed by atoms with E-state index in [0.29, 0.717) is 0 Å². The Morgan fingerprint density at radius 1 is 1.37 bits per heavy atom. The Morgan fingerprint density at radius 2 is 1.89 bits per heavy atom. The number of hydrogen-bond acceptors (Lipinski definition) is 4. The second-order valence-electron chi connectivity index (χ2n) is 3.30. The third kappa shape index (κ3) is 3.31. The van der Waals surface area contributed by atoms with Crippen LogP contribution in [0.1, 0.15) is 23.2 Å². The Hall–Kier alpha value is -1.00. The number of hydrogen-bond donors (Lipinski definition) is 1. The van der Waals surface area contributed by atoms with Crippen LogP contribution in [0, 0.1) is 0 Å². The summed E-state index contributed by atoms with van der Waals surface area (Å²) < 4.78 is 85.8. The molecule has 0 aromatic carbocycles. The molecular formula is C8H6ClF5N2O2S. The summed E-state index contributed by atoms with van der Waals surface area (Å²) in [5.74, 6) is 0. The van der Waals surface area contributed by atoms with Gasteiger partial charge < -0.3 is 5.73 Å². The molecule has 0 spiro atoms. The highest BCUT2D eigenvalue weighted by molar-refractivity contribution is 8.13.